The maximum Gasteiger partial charge on any atom is 0.0643 e. The monoisotopic (exact) mass is 190 g/mol. The molecule has 0 atom stereocenters. The number of nitrogens with zero attached hydrogens (tertiary/aromatic N) is 1. The first-order valence-corrected chi connectivity index (χ1v) is 4.26. The minimum Gasteiger partial charge on any atom is -0.545 e. The van der Waals surface area contributed by atoms with Gasteiger partial charge in [0.2, 0.25) is 0 Å². The predicted molar refractivity (Wildman–Crippen MR) is 54.8 cm³/mol. The van der Waals surface area contributed by atoms with Gasteiger partial charge in [0, 0.05) is 19.8 Å². The first kappa shape index (κ1) is 10.3. The molecule has 0 saturated heterocycles. The summed E-state index contributed by atoms with van der Waals surface area (Å²) < 4.78 is 0. The lowest BCUT2D eigenvalue weighted by Crippen LogP contribution is -2.18. The Morgan fingerprint density at radius 1 is 1.29 bits per heavy atom. The van der Waals surface area contributed by atoms with Gasteiger partial charge in [-0.25, -0.2) is 0 Å². The topological polar surface area (TPSA) is 43.4 Å². The smallest absolute Gasteiger partial charge is 0.0643 e. The highest BCUT2D eigenvalue weighted by Crippen LogP contribution is 2.12. The molecule has 3 heteroatoms. The van der Waals surface area contributed by atoms with Crippen molar-refractivity contribution in [2.75, 3.05) is 19.0 Å². The second-order valence-electron chi connectivity index (χ2n) is 3.14. The van der Waals surface area contributed by atoms with Crippen molar-refractivity contribution >= 4 is 17.7 Å². The van der Waals surface area contributed by atoms with E-state index < -0.39 is 5.97 Å². The number of anilines is 1. The fraction of sp³-hybridized carbons (Fsp3) is 0.182. The van der Waals surface area contributed by atoms with E-state index in [-0.39, 0.29) is 0 Å². The van der Waals surface area contributed by atoms with Gasteiger partial charge >= 0.3 is 0 Å². The molecule has 0 aliphatic rings. The molecule has 1 aromatic rings. The number of carboxylic acids is 1. The van der Waals surface area contributed by atoms with Crippen LogP contribution in [0.5, 0.6) is 0 Å². The van der Waals surface area contributed by atoms with Crippen LogP contribution in [-0.2, 0) is 4.79 Å². The largest absolute Gasteiger partial charge is 0.545 e. The van der Waals surface area contributed by atoms with Crippen LogP contribution in [-0.4, -0.2) is 20.1 Å². The standard InChI is InChI=1S/C11H13NO2/c1-12(2)10-6-3-9(4-7-10)5-8-11(13)14/h3-8H,1-2H3,(H,13,14)/p-1/b8-5-. The Kier molecular flexibility index (Phi) is 3.29. The summed E-state index contributed by atoms with van der Waals surface area (Å²) >= 11 is 0. The van der Waals surface area contributed by atoms with Crippen molar-refractivity contribution in [3.05, 3.63) is 35.9 Å². The molecule has 0 aliphatic carbocycles. The van der Waals surface area contributed by atoms with E-state index >= 15 is 0 Å². The van der Waals surface area contributed by atoms with E-state index in [2.05, 4.69) is 0 Å². The van der Waals surface area contributed by atoms with Crippen molar-refractivity contribution in [3.8, 4) is 0 Å². The quantitative estimate of drug-likeness (QED) is 0.652. The molecule has 0 aliphatic heterocycles. The van der Waals surface area contributed by atoms with Gasteiger partial charge in [0.15, 0.2) is 0 Å². The van der Waals surface area contributed by atoms with Crippen molar-refractivity contribution in [2.24, 2.45) is 0 Å². The third-order valence-electron chi connectivity index (χ3n) is 1.82. The molecule has 0 bridgehead atoms. The summed E-state index contributed by atoms with van der Waals surface area (Å²) in [6.07, 6.45) is 2.53. The summed E-state index contributed by atoms with van der Waals surface area (Å²) in [6.45, 7) is 0. The third-order valence-corrected chi connectivity index (χ3v) is 1.82. The average Bonchev–Trinajstić information content (AvgIpc) is 2.15. The lowest BCUT2D eigenvalue weighted by atomic mass is 10.2. The van der Waals surface area contributed by atoms with Crippen molar-refractivity contribution in [3.63, 3.8) is 0 Å². The molecule has 0 radical (unpaired) electrons. The maximum absolute atomic E-state index is 10.1. The zero-order chi connectivity index (χ0) is 10.6. The number of carboxylic acid groups (broad SMARTS) is 1. The summed E-state index contributed by atoms with van der Waals surface area (Å²) in [7, 11) is 3.90. The highest BCUT2D eigenvalue weighted by molar-refractivity contribution is 5.83. The van der Waals surface area contributed by atoms with Gasteiger partial charge in [0.05, 0.1) is 5.97 Å². The minimum absolute atomic E-state index is 0.847. The van der Waals surface area contributed by atoms with Gasteiger partial charge in [-0.2, -0.15) is 0 Å². The van der Waals surface area contributed by atoms with Crippen LogP contribution < -0.4 is 10.0 Å². The van der Waals surface area contributed by atoms with E-state index in [4.69, 9.17) is 0 Å². The second kappa shape index (κ2) is 4.46. The van der Waals surface area contributed by atoms with Gasteiger partial charge in [0.25, 0.3) is 0 Å². The fourth-order valence-corrected chi connectivity index (χ4v) is 1.05. The SMILES string of the molecule is CN(C)c1ccc(/C=C\C(=O)[O-])cc1. The number of hydrogen-bond donors (Lipinski definition) is 0. The zero-order valence-electron chi connectivity index (χ0n) is 8.23. The summed E-state index contributed by atoms with van der Waals surface area (Å²) in [5.41, 5.74) is 1.93. The number of rotatable bonds is 3. The van der Waals surface area contributed by atoms with Crippen molar-refractivity contribution < 1.29 is 9.90 Å². The summed E-state index contributed by atoms with van der Waals surface area (Å²) in [5.74, 6) is -1.18. The van der Waals surface area contributed by atoms with Crippen LogP contribution in [0.15, 0.2) is 30.3 Å². The normalized spacial score (nSPS) is 10.4. The Morgan fingerprint density at radius 2 is 1.86 bits per heavy atom. The lowest BCUT2D eigenvalue weighted by molar-refractivity contribution is -0.297. The molecule has 0 amide bonds. The van der Waals surface area contributed by atoms with E-state index in [9.17, 15) is 9.90 Å². The van der Waals surface area contributed by atoms with E-state index in [1.165, 1.54) is 6.08 Å². The third kappa shape index (κ3) is 2.94. The van der Waals surface area contributed by atoms with Crippen LogP contribution in [0.2, 0.25) is 0 Å². The van der Waals surface area contributed by atoms with Crippen molar-refractivity contribution in [1.82, 2.24) is 0 Å². The Labute approximate surface area is 83.3 Å². The predicted octanol–water partition coefficient (Wildman–Crippen LogP) is 0.516. The van der Waals surface area contributed by atoms with Crippen LogP contribution in [0.1, 0.15) is 5.56 Å². The zero-order valence-corrected chi connectivity index (χ0v) is 8.23. The molecular formula is C11H12NO2-. The van der Waals surface area contributed by atoms with E-state index in [1.54, 1.807) is 0 Å². The van der Waals surface area contributed by atoms with Crippen LogP contribution >= 0.6 is 0 Å². The van der Waals surface area contributed by atoms with Gasteiger partial charge in [-0.05, 0) is 23.8 Å². The molecular weight excluding hydrogens is 178 g/mol. The van der Waals surface area contributed by atoms with Gasteiger partial charge in [-0.1, -0.05) is 18.2 Å². The molecule has 0 spiro atoms. The molecule has 0 aromatic heterocycles. The Morgan fingerprint density at radius 3 is 2.29 bits per heavy atom. The number of carbonyl (C=O) groups is 1. The number of carbonyl (C=O) groups excluding carboxylic acids is 1. The highest BCUT2D eigenvalue weighted by Gasteiger charge is 1.92. The molecule has 14 heavy (non-hydrogen) atoms. The lowest BCUT2D eigenvalue weighted by Gasteiger charge is -2.11. The van der Waals surface area contributed by atoms with Crippen LogP contribution in [0.4, 0.5) is 5.69 Å². The number of hydrogen-bond acceptors (Lipinski definition) is 3. The molecule has 3 nitrogen and oxygen atoms in total. The van der Waals surface area contributed by atoms with Gasteiger partial charge in [0.1, 0.15) is 0 Å². The molecule has 0 saturated carbocycles. The van der Waals surface area contributed by atoms with Gasteiger partial charge in [-0.3, -0.25) is 0 Å². The van der Waals surface area contributed by atoms with E-state index in [0.717, 1.165) is 17.3 Å². The first-order valence-electron chi connectivity index (χ1n) is 4.26. The average molecular weight is 190 g/mol. The van der Waals surface area contributed by atoms with Crippen LogP contribution in [0.3, 0.4) is 0 Å². The van der Waals surface area contributed by atoms with E-state index in [0.29, 0.717) is 0 Å². The Bertz CT molecular complexity index is 339. The summed E-state index contributed by atoms with van der Waals surface area (Å²) in [4.78, 5) is 12.1. The summed E-state index contributed by atoms with van der Waals surface area (Å²) in [6, 6.07) is 7.56. The minimum atomic E-state index is -1.18. The first-order chi connectivity index (χ1) is 6.59. The molecule has 0 N–H and O–H groups in total. The van der Waals surface area contributed by atoms with Crippen LogP contribution in [0.25, 0.3) is 6.08 Å². The number of benzene rings is 1. The molecule has 0 unspecified atom stereocenters. The van der Waals surface area contributed by atoms with E-state index in [1.807, 2.05) is 43.3 Å². The summed E-state index contributed by atoms with van der Waals surface area (Å²) in [5, 5.41) is 10.1. The maximum atomic E-state index is 10.1. The van der Waals surface area contributed by atoms with Gasteiger partial charge < -0.3 is 14.8 Å². The van der Waals surface area contributed by atoms with Gasteiger partial charge in [-0.15, -0.1) is 0 Å². The van der Waals surface area contributed by atoms with Crippen molar-refractivity contribution in [2.45, 2.75) is 0 Å². The molecule has 1 aromatic carbocycles. The molecule has 0 fully saturated rings. The highest BCUT2D eigenvalue weighted by atomic mass is 16.4. The molecule has 0 heterocycles. The van der Waals surface area contributed by atoms with Crippen molar-refractivity contribution in [1.29, 1.82) is 0 Å². The Hall–Kier alpha value is -1.77. The fourth-order valence-electron chi connectivity index (χ4n) is 1.05. The Balaban J connectivity index is 2.78. The van der Waals surface area contributed by atoms with Crippen LogP contribution in [0, 0.1) is 0 Å². The molecule has 74 valence electrons. The second-order valence-corrected chi connectivity index (χ2v) is 3.14. The number of aliphatic carboxylic acids is 1. The molecule has 1 rings (SSSR count).